The fourth-order valence-corrected chi connectivity index (χ4v) is 4.30. The molecule has 0 saturated heterocycles. The summed E-state index contributed by atoms with van der Waals surface area (Å²) in [7, 11) is -3.90. The molecule has 0 saturated carbocycles. The summed E-state index contributed by atoms with van der Waals surface area (Å²) >= 11 is 5.80. The highest BCUT2D eigenvalue weighted by molar-refractivity contribution is 7.89. The Kier molecular flexibility index (Phi) is 6.55. The second-order valence-electron chi connectivity index (χ2n) is 6.68. The summed E-state index contributed by atoms with van der Waals surface area (Å²) in [6.45, 7) is 3.58. The van der Waals surface area contributed by atoms with Crippen LogP contribution in [0.3, 0.4) is 0 Å². The average Bonchev–Trinajstić information content (AvgIpc) is 2.71. The van der Waals surface area contributed by atoms with E-state index in [1.807, 2.05) is 0 Å². The van der Waals surface area contributed by atoms with Gasteiger partial charge in [0.05, 0.1) is 28.4 Å². The molecule has 0 aliphatic carbocycles. The van der Waals surface area contributed by atoms with Gasteiger partial charge in [0.1, 0.15) is 5.82 Å². The first-order valence-corrected chi connectivity index (χ1v) is 11.1. The summed E-state index contributed by atoms with van der Waals surface area (Å²) in [5.74, 6) is -0.118. The first-order valence-electron chi connectivity index (χ1n) is 9.26. The fraction of sp³-hybridized carbons (Fsp3) is 0.250. The van der Waals surface area contributed by atoms with Gasteiger partial charge in [0.15, 0.2) is 0 Å². The van der Waals surface area contributed by atoms with E-state index in [0.717, 1.165) is 0 Å². The van der Waals surface area contributed by atoms with Crippen LogP contribution >= 0.6 is 11.6 Å². The molecular formula is C20H21ClN4O4S. The van der Waals surface area contributed by atoms with E-state index in [0.29, 0.717) is 28.3 Å². The normalized spacial score (nSPS) is 12.6. The smallest absolute Gasteiger partial charge is 0.258 e. The highest BCUT2D eigenvalue weighted by atomic mass is 35.5. The number of likely N-dealkylation sites (N-methyl/N-ethyl adjacent to an activating group) is 1. The maximum absolute atomic E-state index is 12.8. The van der Waals surface area contributed by atoms with Crippen LogP contribution in [0.5, 0.6) is 0 Å². The number of amides is 1. The summed E-state index contributed by atoms with van der Waals surface area (Å²) < 4.78 is 27.4. The first kappa shape index (κ1) is 21.9. The zero-order valence-electron chi connectivity index (χ0n) is 16.4. The van der Waals surface area contributed by atoms with Crippen molar-refractivity contribution in [3.05, 3.63) is 69.7 Å². The molecule has 1 atom stereocenters. The number of nitrogens with zero attached hydrogens (tertiary/aromatic N) is 2. The number of hydrogen-bond acceptors (Lipinski definition) is 5. The predicted octanol–water partition coefficient (Wildman–Crippen LogP) is 2.29. The zero-order valence-corrected chi connectivity index (χ0v) is 18.0. The summed E-state index contributed by atoms with van der Waals surface area (Å²) in [6, 6.07) is 11.5. The summed E-state index contributed by atoms with van der Waals surface area (Å²) in [4.78, 5) is 33.6. The van der Waals surface area contributed by atoms with Crippen LogP contribution in [0.4, 0.5) is 0 Å². The number of para-hydroxylation sites is 1. The van der Waals surface area contributed by atoms with E-state index in [1.165, 1.54) is 36.1 Å². The second kappa shape index (κ2) is 8.95. The van der Waals surface area contributed by atoms with Gasteiger partial charge in [-0.2, -0.15) is 4.72 Å². The topological polar surface area (TPSA) is 112 Å². The van der Waals surface area contributed by atoms with Crippen LogP contribution < -0.4 is 10.3 Å². The van der Waals surface area contributed by atoms with E-state index in [9.17, 15) is 18.0 Å². The quantitative estimate of drug-likeness (QED) is 0.575. The molecule has 10 heteroatoms. The van der Waals surface area contributed by atoms with Gasteiger partial charge in [0, 0.05) is 11.6 Å². The van der Waals surface area contributed by atoms with E-state index in [4.69, 9.17) is 11.6 Å². The van der Waals surface area contributed by atoms with Crippen LogP contribution in [0.15, 0.2) is 58.2 Å². The number of fused-ring (bicyclic) bond motifs is 1. The number of carbonyl (C=O) groups excluding carboxylic acids is 1. The molecule has 30 heavy (non-hydrogen) atoms. The predicted molar refractivity (Wildman–Crippen MR) is 115 cm³/mol. The number of nitrogens with one attached hydrogen (secondary N) is 2. The molecule has 0 aliphatic heterocycles. The van der Waals surface area contributed by atoms with Crippen molar-refractivity contribution in [2.24, 2.45) is 0 Å². The molecule has 158 valence electrons. The number of halogens is 1. The van der Waals surface area contributed by atoms with Gasteiger partial charge in [-0.3, -0.25) is 9.59 Å². The molecule has 0 aliphatic rings. The molecular weight excluding hydrogens is 428 g/mol. The summed E-state index contributed by atoms with van der Waals surface area (Å²) in [5.41, 5.74) is 0.229. The molecule has 2 aromatic carbocycles. The summed E-state index contributed by atoms with van der Waals surface area (Å²) in [5, 5.41) is 0.867. The largest absolute Gasteiger partial charge is 0.334 e. The number of benzene rings is 2. The molecule has 0 unspecified atom stereocenters. The van der Waals surface area contributed by atoms with E-state index < -0.39 is 22.0 Å². The molecule has 3 rings (SSSR count). The minimum Gasteiger partial charge on any atom is -0.334 e. The molecule has 1 aromatic heterocycles. The fourth-order valence-electron chi connectivity index (χ4n) is 2.97. The van der Waals surface area contributed by atoms with E-state index in [-0.39, 0.29) is 17.0 Å². The Balaban J connectivity index is 1.77. The lowest BCUT2D eigenvalue weighted by Crippen LogP contribution is -2.46. The molecule has 0 spiro atoms. The van der Waals surface area contributed by atoms with Crippen LogP contribution in [0.1, 0.15) is 19.7 Å². The first-order chi connectivity index (χ1) is 14.2. The number of hydrogen-bond donors (Lipinski definition) is 2. The van der Waals surface area contributed by atoms with Crippen LogP contribution in [0, 0.1) is 0 Å². The van der Waals surface area contributed by atoms with Gasteiger partial charge >= 0.3 is 0 Å². The Morgan fingerprint density at radius 3 is 2.53 bits per heavy atom. The number of carbonyl (C=O) groups is 1. The third kappa shape index (κ3) is 4.86. The van der Waals surface area contributed by atoms with Crippen molar-refractivity contribution >= 4 is 38.4 Å². The Hall–Kier alpha value is -2.75. The minimum absolute atomic E-state index is 0.00937. The number of sulfonamides is 1. The van der Waals surface area contributed by atoms with E-state index >= 15 is 0 Å². The molecule has 2 N–H and O–H groups in total. The van der Waals surface area contributed by atoms with Crippen molar-refractivity contribution in [3.63, 3.8) is 0 Å². The lowest BCUT2D eigenvalue weighted by molar-refractivity contribution is -0.133. The molecule has 1 amide bonds. The van der Waals surface area contributed by atoms with Gasteiger partial charge in [-0.1, -0.05) is 23.7 Å². The number of aromatic nitrogens is 2. The Morgan fingerprint density at radius 1 is 1.20 bits per heavy atom. The number of aromatic amines is 1. The monoisotopic (exact) mass is 448 g/mol. The number of H-pyrrole nitrogens is 1. The van der Waals surface area contributed by atoms with Crippen molar-refractivity contribution in [2.45, 2.75) is 31.3 Å². The van der Waals surface area contributed by atoms with E-state index in [2.05, 4.69) is 14.7 Å². The standard InChI is InChI=1S/C20H21ClN4O4S/c1-3-25(12-18-22-17-7-5-4-6-16(17)19(26)23-18)20(27)13(2)24-30(28,29)15-10-8-14(21)9-11-15/h4-11,13,24H,3,12H2,1-2H3,(H,22,23,26)/t13-/m0/s1. The zero-order chi connectivity index (χ0) is 21.9. The molecule has 3 aromatic rings. The lowest BCUT2D eigenvalue weighted by atomic mass is 10.2. The van der Waals surface area contributed by atoms with Crippen molar-refractivity contribution < 1.29 is 13.2 Å². The van der Waals surface area contributed by atoms with Gasteiger partial charge in [-0.25, -0.2) is 13.4 Å². The Morgan fingerprint density at radius 2 is 1.87 bits per heavy atom. The van der Waals surface area contributed by atoms with Crippen LogP contribution in [-0.2, 0) is 21.4 Å². The SMILES string of the molecule is CCN(Cc1nc2ccccc2c(=O)[nH]1)C(=O)[C@H](C)NS(=O)(=O)c1ccc(Cl)cc1. The molecule has 8 nitrogen and oxygen atoms in total. The average molecular weight is 449 g/mol. The number of rotatable bonds is 7. The minimum atomic E-state index is -3.90. The van der Waals surface area contributed by atoms with Crippen LogP contribution in [0.25, 0.3) is 10.9 Å². The maximum atomic E-state index is 12.8. The van der Waals surface area contributed by atoms with Gasteiger partial charge < -0.3 is 9.88 Å². The van der Waals surface area contributed by atoms with Gasteiger partial charge in [-0.15, -0.1) is 0 Å². The van der Waals surface area contributed by atoms with Crippen molar-refractivity contribution in [2.75, 3.05) is 6.54 Å². The van der Waals surface area contributed by atoms with Gasteiger partial charge in [0.2, 0.25) is 15.9 Å². The van der Waals surface area contributed by atoms with Crippen LogP contribution in [0.2, 0.25) is 5.02 Å². The van der Waals surface area contributed by atoms with Crippen LogP contribution in [-0.4, -0.2) is 41.8 Å². The lowest BCUT2D eigenvalue weighted by Gasteiger charge is -2.24. The van der Waals surface area contributed by atoms with Crippen molar-refractivity contribution in [3.8, 4) is 0 Å². The van der Waals surface area contributed by atoms with Gasteiger partial charge in [-0.05, 0) is 50.2 Å². The third-order valence-corrected chi connectivity index (χ3v) is 6.33. The highest BCUT2D eigenvalue weighted by Crippen LogP contribution is 2.15. The van der Waals surface area contributed by atoms with Crippen molar-refractivity contribution in [1.82, 2.24) is 19.6 Å². The molecule has 0 radical (unpaired) electrons. The Bertz CT molecular complexity index is 1230. The summed E-state index contributed by atoms with van der Waals surface area (Å²) in [6.07, 6.45) is 0. The Labute approximate surface area is 178 Å². The molecule has 0 fully saturated rings. The maximum Gasteiger partial charge on any atom is 0.258 e. The second-order valence-corrected chi connectivity index (χ2v) is 8.83. The van der Waals surface area contributed by atoms with E-state index in [1.54, 1.807) is 31.2 Å². The molecule has 0 bridgehead atoms. The highest BCUT2D eigenvalue weighted by Gasteiger charge is 2.26. The third-order valence-electron chi connectivity index (χ3n) is 4.52. The van der Waals surface area contributed by atoms with Gasteiger partial charge in [0.25, 0.3) is 5.56 Å². The van der Waals surface area contributed by atoms with Crippen molar-refractivity contribution in [1.29, 1.82) is 0 Å². The molecule has 1 heterocycles.